The van der Waals surface area contributed by atoms with E-state index >= 15 is 0 Å². The number of aliphatic hydroxyl groups excluding tert-OH is 1. The Balaban J connectivity index is 0.00000288. The Bertz CT molecular complexity index is 605. The van der Waals surface area contributed by atoms with Gasteiger partial charge in [-0.2, -0.15) is 0 Å². The molecule has 0 saturated carbocycles. The first kappa shape index (κ1) is 20.7. The van der Waals surface area contributed by atoms with Crippen LogP contribution in [0, 0.1) is 0 Å². The summed E-state index contributed by atoms with van der Waals surface area (Å²) in [7, 11) is 0. The lowest BCUT2D eigenvalue weighted by Gasteiger charge is -2.12. The van der Waals surface area contributed by atoms with Crippen molar-refractivity contribution >= 4 is 41.5 Å². The van der Waals surface area contributed by atoms with Crippen molar-refractivity contribution in [3.8, 4) is 0 Å². The van der Waals surface area contributed by atoms with E-state index in [4.69, 9.17) is 16.0 Å². The van der Waals surface area contributed by atoms with Gasteiger partial charge in [0, 0.05) is 19.3 Å². The summed E-state index contributed by atoms with van der Waals surface area (Å²) in [5.41, 5.74) is 1.09. The van der Waals surface area contributed by atoms with Crippen molar-refractivity contribution in [3.63, 3.8) is 0 Å². The van der Waals surface area contributed by atoms with Crippen LogP contribution in [-0.4, -0.2) is 35.7 Å². The van der Waals surface area contributed by atoms with Crippen LogP contribution >= 0.6 is 35.6 Å². The van der Waals surface area contributed by atoms with Gasteiger partial charge in [-0.15, -0.1) is 24.0 Å². The fourth-order valence-corrected chi connectivity index (χ4v) is 2.08. The van der Waals surface area contributed by atoms with Gasteiger partial charge in [0.15, 0.2) is 5.96 Å². The SMILES string of the molecule is CCNC(=NCC(O)c1ccco1)NCCc1ccc(Cl)nc1.I. The third-order valence-corrected chi connectivity index (χ3v) is 3.36. The van der Waals surface area contributed by atoms with E-state index in [1.807, 2.05) is 13.0 Å². The summed E-state index contributed by atoms with van der Waals surface area (Å²) < 4.78 is 5.16. The molecule has 2 heterocycles. The van der Waals surface area contributed by atoms with E-state index < -0.39 is 6.10 Å². The van der Waals surface area contributed by atoms with Crippen LogP contribution in [-0.2, 0) is 6.42 Å². The van der Waals surface area contributed by atoms with E-state index in [0.29, 0.717) is 23.4 Å². The average Bonchev–Trinajstić information content (AvgIpc) is 3.08. The summed E-state index contributed by atoms with van der Waals surface area (Å²) in [6.45, 7) is 3.66. The normalized spacial score (nSPS) is 12.4. The number of furan rings is 1. The fraction of sp³-hybridized carbons (Fsp3) is 0.375. The highest BCUT2D eigenvalue weighted by atomic mass is 127. The van der Waals surface area contributed by atoms with Gasteiger partial charge in [-0.25, -0.2) is 4.98 Å². The van der Waals surface area contributed by atoms with Crippen molar-refractivity contribution in [2.24, 2.45) is 4.99 Å². The number of pyridine rings is 1. The molecule has 0 spiro atoms. The van der Waals surface area contributed by atoms with Crippen LogP contribution in [0.2, 0.25) is 5.15 Å². The van der Waals surface area contributed by atoms with Crippen molar-refractivity contribution in [1.29, 1.82) is 0 Å². The maximum atomic E-state index is 9.98. The molecule has 0 aliphatic carbocycles. The first-order chi connectivity index (χ1) is 11.2. The van der Waals surface area contributed by atoms with Crippen LogP contribution in [0.1, 0.15) is 24.4 Å². The summed E-state index contributed by atoms with van der Waals surface area (Å²) in [5.74, 6) is 1.16. The molecule has 1 atom stereocenters. The van der Waals surface area contributed by atoms with Crippen molar-refractivity contribution in [2.75, 3.05) is 19.6 Å². The molecule has 0 radical (unpaired) electrons. The van der Waals surface area contributed by atoms with Gasteiger partial charge in [0.05, 0.1) is 12.8 Å². The molecule has 0 aromatic carbocycles. The zero-order valence-corrected chi connectivity index (χ0v) is 16.5. The third-order valence-electron chi connectivity index (χ3n) is 3.13. The molecule has 0 fully saturated rings. The third kappa shape index (κ3) is 7.06. The Labute approximate surface area is 163 Å². The number of aliphatic hydroxyl groups is 1. The highest BCUT2D eigenvalue weighted by molar-refractivity contribution is 14.0. The van der Waals surface area contributed by atoms with E-state index in [0.717, 1.165) is 18.5 Å². The molecule has 2 aromatic rings. The first-order valence-electron chi connectivity index (χ1n) is 7.53. The van der Waals surface area contributed by atoms with Crippen LogP contribution in [0.4, 0.5) is 0 Å². The summed E-state index contributed by atoms with van der Waals surface area (Å²) in [5, 5.41) is 16.8. The van der Waals surface area contributed by atoms with Crippen LogP contribution in [0.5, 0.6) is 0 Å². The molecule has 6 nitrogen and oxygen atoms in total. The van der Waals surface area contributed by atoms with Crippen LogP contribution in [0.25, 0.3) is 0 Å². The van der Waals surface area contributed by atoms with Gasteiger partial charge in [-0.1, -0.05) is 17.7 Å². The molecule has 2 rings (SSSR count). The monoisotopic (exact) mass is 464 g/mol. The zero-order chi connectivity index (χ0) is 16.5. The zero-order valence-electron chi connectivity index (χ0n) is 13.4. The lowest BCUT2D eigenvalue weighted by atomic mass is 10.2. The van der Waals surface area contributed by atoms with Gasteiger partial charge in [0.1, 0.15) is 17.0 Å². The van der Waals surface area contributed by atoms with E-state index in [1.54, 1.807) is 24.4 Å². The van der Waals surface area contributed by atoms with Crippen molar-refractivity contribution in [2.45, 2.75) is 19.4 Å². The molecular formula is C16H22ClIN4O2. The fourth-order valence-electron chi connectivity index (χ4n) is 1.97. The maximum Gasteiger partial charge on any atom is 0.191 e. The maximum absolute atomic E-state index is 9.98. The standard InChI is InChI=1S/C16H21ClN4O2.HI/c1-2-18-16(21-11-13(22)14-4-3-9-23-14)19-8-7-12-5-6-15(17)20-10-12;/h3-6,9-10,13,22H,2,7-8,11H2,1H3,(H2,18,19,21);1H. The quantitative estimate of drug-likeness (QED) is 0.254. The first-order valence-corrected chi connectivity index (χ1v) is 7.91. The number of aliphatic imine (C=N–C) groups is 1. The number of halogens is 2. The van der Waals surface area contributed by atoms with Crippen molar-refractivity contribution < 1.29 is 9.52 Å². The second-order valence-electron chi connectivity index (χ2n) is 4.92. The molecule has 3 N–H and O–H groups in total. The molecule has 1 unspecified atom stereocenters. The van der Waals surface area contributed by atoms with Gasteiger partial charge in [0.25, 0.3) is 0 Å². The van der Waals surface area contributed by atoms with Gasteiger partial charge in [0.2, 0.25) is 0 Å². The van der Waals surface area contributed by atoms with Crippen LogP contribution < -0.4 is 10.6 Å². The minimum absolute atomic E-state index is 0. The van der Waals surface area contributed by atoms with Gasteiger partial charge < -0.3 is 20.2 Å². The molecule has 0 saturated heterocycles. The predicted octanol–water partition coefficient (Wildman–Crippen LogP) is 2.78. The molecule has 8 heteroatoms. The molecule has 132 valence electrons. The van der Waals surface area contributed by atoms with Crippen molar-refractivity contribution in [3.05, 3.63) is 53.2 Å². The lowest BCUT2D eigenvalue weighted by Crippen LogP contribution is -2.38. The predicted molar refractivity (Wildman–Crippen MR) is 106 cm³/mol. The minimum Gasteiger partial charge on any atom is -0.467 e. The second kappa shape index (κ2) is 11.3. The molecule has 0 amide bonds. The molecule has 0 aliphatic heterocycles. The lowest BCUT2D eigenvalue weighted by molar-refractivity contribution is 0.158. The molecule has 0 aliphatic rings. The van der Waals surface area contributed by atoms with E-state index in [9.17, 15) is 5.11 Å². The number of hydrogen-bond acceptors (Lipinski definition) is 4. The van der Waals surface area contributed by atoms with Gasteiger partial charge in [-0.05, 0) is 37.1 Å². The van der Waals surface area contributed by atoms with E-state index in [1.165, 1.54) is 6.26 Å². The number of aromatic nitrogens is 1. The Hall–Kier alpha value is -1.32. The van der Waals surface area contributed by atoms with Crippen molar-refractivity contribution in [1.82, 2.24) is 15.6 Å². The highest BCUT2D eigenvalue weighted by Gasteiger charge is 2.09. The largest absolute Gasteiger partial charge is 0.467 e. The number of nitrogens with zero attached hydrogens (tertiary/aromatic N) is 2. The average molecular weight is 465 g/mol. The van der Waals surface area contributed by atoms with Gasteiger partial charge >= 0.3 is 0 Å². The summed E-state index contributed by atoms with van der Waals surface area (Å²) >= 11 is 5.76. The molecule has 2 aromatic heterocycles. The Morgan fingerprint density at radius 3 is 2.83 bits per heavy atom. The number of guanidine groups is 1. The Morgan fingerprint density at radius 1 is 1.38 bits per heavy atom. The van der Waals surface area contributed by atoms with Gasteiger partial charge in [-0.3, -0.25) is 4.99 Å². The number of rotatable bonds is 7. The molecule has 0 bridgehead atoms. The van der Waals surface area contributed by atoms with Crippen LogP contribution in [0.15, 0.2) is 46.1 Å². The minimum atomic E-state index is -0.749. The topological polar surface area (TPSA) is 82.7 Å². The van der Waals surface area contributed by atoms with E-state index in [2.05, 4.69) is 20.6 Å². The highest BCUT2D eigenvalue weighted by Crippen LogP contribution is 2.12. The summed E-state index contributed by atoms with van der Waals surface area (Å²) in [6.07, 6.45) is 3.34. The Kier molecular flexibility index (Phi) is 9.73. The second-order valence-corrected chi connectivity index (χ2v) is 5.30. The number of hydrogen-bond donors (Lipinski definition) is 3. The smallest absolute Gasteiger partial charge is 0.191 e. The molecular weight excluding hydrogens is 443 g/mol. The summed E-state index contributed by atoms with van der Waals surface area (Å²) in [4.78, 5) is 8.41. The van der Waals surface area contributed by atoms with E-state index in [-0.39, 0.29) is 30.5 Å². The van der Waals surface area contributed by atoms with Crippen LogP contribution in [0.3, 0.4) is 0 Å². The summed E-state index contributed by atoms with van der Waals surface area (Å²) in [6, 6.07) is 7.19. The number of nitrogens with one attached hydrogen (secondary N) is 2. The Morgan fingerprint density at radius 2 is 2.21 bits per heavy atom. The molecule has 24 heavy (non-hydrogen) atoms.